The molecule has 2 N–H and O–H groups in total. The molecule has 40 heavy (non-hydrogen) atoms. The van der Waals surface area contributed by atoms with Crippen LogP contribution in [-0.4, -0.2) is 68.7 Å². The highest BCUT2D eigenvalue weighted by Gasteiger charge is 2.30. The summed E-state index contributed by atoms with van der Waals surface area (Å²) in [6, 6.07) is 16.5. The molecule has 0 spiro atoms. The maximum atomic E-state index is 13.7. The fourth-order valence-electron chi connectivity index (χ4n) is 4.45. The molecule has 0 bridgehead atoms. The average Bonchev–Trinajstić information content (AvgIpc) is 3.62. The summed E-state index contributed by atoms with van der Waals surface area (Å²) in [5.74, 6) is -0.577. The van der Waals surface area contributed by atoms with E-state index in [1.54, 1.807) is 61.8 Å². The van der Waals surface area contributed by atoms with Crippen LogP contribution >= 0.6 is 0 Å². The van der Waals surface area contributed by atoms with E-state index < -0.39 is 27.2 Å². The van der Waals surface area contributed by atoms with Crippen molar-refractivity contribution in [3.63, 3.8) is 0 Å². The summed E-state index contributed by atoms with van der Waals surface area (Å²) in [7, 11) is -4.05. The van der Waals surface area contributed by atoms with Gasteiger partial charge in [-0.1, -0.05) is 42.5 Å². The molecule has 1 saturated carbocycles. The summed E-state index contributed by atoms with van der Waals surface area (Å²) in [4.78, 5) is 34.3. The van der Waals surface area contributed by atoms with E-state index >= 15 is 0 Å². The van der Waals surface area contributed by atoms with Crippen molar-refractivity contribution in [1.82, 2.24) is 24.6 Å². The minimum Gasteiger partial charge on any atom is -0.465 e. The van der Waals surface area contributed by atoms with Gasteiger partial charge in [0.1, 0.15) is 0 Å². The van der Waals surface area contributed by atoms with Crippen LogP contribution in [0.4, 0.5) is 4.79 Å². The van der Waals surface area contributed by atoms with Gasteiger partial charge in [0.2, 0.25) is 9.84 Å². The molecule has 0 radical (unpaired) electrons. The molecule has 11 heteroatoms. The minimum atomic E-state index is -4.05. The first-order valence-corrected chi connectivity index (χ1v) is 14.7. The third-order valence-electron chi connectivity index (χ3n) is 6.81. The van der Waals surface area contributed by atoms with E-state index in [-0.39, 0.29) is 29.2 Å². The van der Waals surface area contributed by atoms with Crippen molar-refractivity contribution in [3.8, 4) is 22.5 Å². The van der Waals surface area contributed by atoms with Crippen molar-refractivity contribution in [2.75, 3.05) is 12.3 Å². The van der Waals surface area contributed by atoms with Crippen LogP contribution < -0.4 is 5.32 Å². The van der Waals surface area contributed by atoms with Crippen molar-refractivity contribution in [2.45, 2.75) is 50.2 Å². The number of carboxylic acid groups (broad SMARTS) is 1. The van der Waals surface area contributed by atoms with Crippen LogP contribution in [0.5, 0.6) is 0 Å². The van der Waals surface area contributed by atoms with Crippen LogP contribution in [0.15, 0.2) is 72.0 Å². The van der Waals surface area contributed by atoms with Crippen LogP contribution in [-0.2, 0) is 9.84 Å². The maximum absolute atomic E-state index is 13.7. The topological polar surface area (TPSA) is 134 Å². The van der Waals surface area contributed by atoms with Gasteiger partial charge in [-0.25, -0.2) is 23.2 Å². The van der Waals surface area contributed by atoms with E-state index in [9.17, 15) is 23.1 Å². The highest BCUT2D eigenvalue weighted by molar-refractivity contribution is 7.91. The highest BCUT2D eigenvalue weighted by atomic mass is 32.2. The number of benzene rings is 2. The molecule has 4 aromatic rings. The van der Waals surface area contributed by atoms with E-state index in [1.807, 2.05) is 30.3 Å². The number of rotatable bonds is 8. The van der Waals surface area contributed by atoms with E-state index in [1.165, 1.54) is 0 Å². The Kier molecular flexibility index (Phi) is 7.09. The molecule has 1 aliphatic rings. The van der Waals surface area contributed by atoms with Crippen LogP contribution in [0.1, 0.15) is 44.0 Å². The van der Waals surface area contributed by atoms with Gasteiger partial charge in [0.25, 0.3) is 5.91 Å². The standard InChI is InChI=1S/C29H31N5O5S/c1-29(2,3)34(28(36)37)15-16-40(38,39)27-25-30-17-24(33(25)18-23(32-27)19-7-5-4-6-8-19)20-9-11-21(12-10-20)26(35)31-22-13-14-22/h4-12,17-18,22H,13-16H2,1-3H3,(H,31,35)(H,36,37). The summed E-state index contributed by atoms with van der Waals surface area (Å²) < 4.78 is 29.0. The van der Waals surface area contributed by atoms with E-state index in [4.69, 9.17) is 0 Å². The normalized spacial score (nSPS) is 13.8. The Bertz CT molecular complexity index is 1670. The second-order valence-electron chi connectivity index (χ2n) is 10.9. The summed E-state index contributed by atoms with van der Waals surface area (Å²) in [6.45, 7) is 4.91. The first-order chi connectivity index (χ1) is 18.9. The summed E-state index contributed by atoms with van der Waals surface area (Å²) in [5, 5.41) is 12.4. The molecule has 2 heterocycles. The Hall–Kier alpha value is -4.25. The SMILES string of the molecule is CC(C)(C)N(CCS(=O)(=O)c1nc(-c2ccccc2)cn2c(-c3ccc(C(=O)NC4CC4)cc3)cnc12)C(=O)O. The smallest absolute Gasteiger partial charge is 0.407 e. The third-order valence-corrected chi connectivity index (χ3v) is 8.39. The predicted molar refractivity (Wildman–Crippen MR) is 151 cm³/mol. The lowest BCUT2D eigenvalue weighted by Gasteiger charge is -2.32. The molecular weight excluding hydrogens is 530 g/mol. The molecule has 0 atom stereocenters. The summed E-state index contributed by atoms with van der Waals surface area (Å²) in [6.07, 6.45) is 4.11. The Balaban J connectivity index is 1.56. The summed E-state index contributed by atoms with van der Waals surface area (Å²) in [5.41, 5.74) is 2.42. The number of amides is 2. The molecule has 0 saturated heterocycles. The minimum absolute atomic E-state index is 0.123. The van der Waals surface area contributed by atoms with Crippen molar-refractivity contribution in [2.24, 2.45) is 0 Å². The monoisotopic (exact) mass is 561 g/mol. The van der Waals surface area contributed by atoms with E-state index in [2.05, 4.69) is 15.3 Å². The fraction of sp³-hybridized carbons (Fsp3) is 0.310. The van der Waals surface area contributed by atoms with Crippen molar-refractivity contribution in [3.05, 3.63) is 72.6 Å². The number of hydrogen-bond acceptors (Lipinski definition) is 6. The van der Waals surface area contributed by atoms with Gasteiger partial charge in [0.05, 0.1) is 23.3 Å². The van der Waals surface area contributed by atoms with Gasteiger partial charge in [-0.15, -0.1) is 0 Å². The molecule has 0 aliphatic heterocycles. The zero-order chi connectivity index (χ0) is 28.7. The number of nitrogens with zero attached hydrogens (tertiary/aromatic N) is 4. The molecule has 2 aromatic carbocycles. The van der Waals surface area contributed by atoms with Crippen molar-refractivity contribution in [1.29, 1.82) is 0 Å². The number of aromatic nitrogens is 3. The molecule has 5 rings (SSSR count). The van der Waals surface area contributed by atoms with E-state index in [0.717, 1.165) is 28.9 Å². The zero-order valence-corrected chi connectivity index (χ0v) is 23.4. The van der Waals surface area contributed by atoms with Crippen molar-refractivity contribution < 1.29 is 23.1 Å². The molecule has 0 unspecified atom stereocenters. The molecule has 2 amide bonds. The van der Waals surface area contributed by atoms with Crippen molar-refractivity contribution >= 4 is 27.5 Å². The zero-order valence-electron chi connectivity index (χ0n) is 22.5. The Labute approximate surface area is 232 Å². The fourth-order valence-corrected chi connectivity index (χ4v) is 5.73. The van der Waals surface area contributed by atoms with Gasteiger partial charge in [-0.3, -0.25) is 9.20 Å². The first kappa shape index (κ1) is 27.3. The lowest BCUT2D eigenvalue weighted by atomic mass is 10.1. The lowest BCUT2D eigenvalue weighted by Crippen LogP contribution is -2.47. The second kappa shape index (κ2) is 10.4. The van der Waals surface area contributed by atoms with Crippen LogP contribution in [0.2, 0.25) is 0 Å². The Morgan fingerprint density at radius 3 is 2.33 bits per heavy atom. The molecular formula is C29H31N5O5S. The summed E-state index contributed by atoms with van der Waals surface area (Å²) >= 11 is 0. The third kappa shape index (κ3) is 5.69. The second-order valence-corrected chi connectivity index (χ2v) is 12.9. The van der Waals surface area contributed by atoms with Gasteiger partial charge in [0.15, 0.2) is 10.7 Å². The van der Waals surface area contributed by atoms with Gasteiger partial charge in [-0.05, 0) is 45.7 Å². The molecule has 1 fully saturated rings. The number of imidazole rings is 1. The molecule has 208 valence electrons. The van der Waals surface area contributed by atoms with E-state index in [0.29, 0.717) is 17.0 Å². The number of hydrogen-bond donors (Lipinski definition) is 2. The highest BCUT2D eigenvalue weighted by Crippen LogP contribution is 2.29. The van der Waals surface area contributed by atoms with Crippen LogP contribution in [0, 0.1) is 0 Å². The molecule has 1 aliphatic carbocycles. The number of carbonyl (C=O) groups is 2. The number of nitrogens with one attached hydrogen (secondary N) is 1. The predicted octanol–water partition coefficient (Wildman–Crippen LogP) is 4.51. The van der Waals surface area contributed by atoms with Crippen LogP contribution in [0.3, 0.4) is 0 Å². The maximum Gasteiger partial charge on any atom is 0.407 e. The largest absolute Gasteiger partial charge is 0.465 e. The number of fused-ring (bicyclic) bond motifs is 1. The Morgan fingerprint density at radius 2 is 1.73 bits per heavy atom. The van der Waals surface area contributed by atoms with Gasteiger partial charge in [-0.2, -0.15) is 0 Å². The van der Waals surface area contributed by atoms with Gasteiger partial charge in [0, 0.05) is 41.0 Å². The molecule has 2 aromatic heterocycles. The average molecular weight is 562 g/mol. The molecule has 10 nitrogen and oxygen atoms in total. The number of sulfone groups is 1. The quantitative estimate of drug-likeness (QED) is 0.323. The van der Waals surface area contributed by atoms with Gasteiger partial charge >= 0.3 is 6.09 Å². The lowest BCUT2D eigenvalue weighted by molar-refractivity contribution is 0.0950. The first-order valence-electron chi connectivity index (χ1n) is 13.0. The number of carbonyl (C=O) groups excluding carboxylic acids is 1. The van der Waals surface area contributed by atoms with Gasteiger partial charge < -0.3 is 15.3 Å². The Morgan fingerprint density at radius 1 is 1.05 bits per heavy atom. The van der Waals surface area contributed by atoms with Crippen LogP contribution in [0.25, 0.3) is 28.2 Å².